The van der Waals surface area contributed by atoms with Crippen LogP contribution >= 0.6 is 23.6 Å². The summed E-state index contributed by atoms with van der Waals surface area (Å²) in [6.07, 6.45) is 0. The molecule has 0 saturated heterocycles. The van der Waals surface area contributed by atoms with Gasteiger partial charge in [0.25, 0.3) is 0 Å². The zero-order valence-electron chi connectivity index (χ0n) is 7.74. The smallest absolute Gasteiger partial charge is 0.206 e. The van der Waals surface area contributed by atoms with Gasteiger partial charge in [0.05, 0.1) is 6.61 Å². The summed E-state index contributed by atoms with van der Waals surface area (Å²) in [6.45, 7) is 4.30. The van der Waals surface area contributed by atoms with Crippen molar-refractivity contribution in [1.29, 1.82) is 0 Å². The van der Waals surface area contributed by atoms with E-state index in [1.165, 1.54) is 11.3 Å². The van der Waals surface area contributed by atoms with Gasteiger partial charge in [-0.1, -0.05) is 11.3 Å². The normalized spacial score (nSPS) is 10.3. The van der Waals surface area contributed by atoms with E-state index >= 15 is 0 Å². The second-order valence-corrected chi connectivity index (χ2v) is 4.16. The van der Waals surface area contributed by atoms with Gasteiger partial charge in [0.1, 0.15) is 0 Å². The third-order valence-corrected chi connectivity index (χ3v) is 2.73. The first-order chi connectivity index (χ1) is 6.24. The van der Waals surface area contributed by atoms with Crippen LogP contribution in [-0.4, -0.2) is 37.0 Å². The van der Waals surface area contributed by atoms with Gasteiger partial charge in [0.15, 0.2) is 3.95 Å². The van der Waals surface area contributed by atoms with Gasteiger partial charge < -0.3 is 9.64 Å². The highest BCUT2D eigenvalue weighted by Crippen LogP contribution is 2.14. The number of anilines is 1. The topological polar surface area (TPSA) is 41.1 Å². The van der Waals surface area contributed by atoms with Crippen LogP contribution < -0.4 is 4.90 Å². The lowest BCUT2D eigenvalue weighted by atomic mass is 10.6. The molecule has 4 nitrogen and oxygen atoms in total. The highest BCUT2D eigenvalue weighted by molar-refractivity contribution is 7.73. The van der Waals surface area contributed by atoms with Crippen molar-refractivity contribution in [2.45, 2.75) is 6.92 Å². The van der Waals surface area contributed by atoms with Crippen LogP contribution in [0.2, 0.25) is 0 Å². The molecule has 0 aliphatic carbocycles. The van der Waals surface area contributed by atoms with Crippen molar-refractivity contribution in [3.05, 3.63) is 3.95 Å². The molecule has 0 aliphatic rings. The van der Waals surface area contributed by atoms with Crippen molar-refractivity contribution in [3.8, 4) is 0 Å². The Kier molecular flexibility index (Phi) is 4.34. The third-order valence-electron chi connectivity index (χ3n) is 1.53. The predicted molar refractivity (Wildman–Crippen MR) is 57.1 cm³/mol. The fourth-order valence-corrected chi connectivity index (χ4v) is 1.69. The third kappa shape index (κ3) is 3.41. The molecule has 74 valence electrons. The van der Waals surface area contributed by atoms with Crippen molar-refractivity contribution in [1.82, 2.24) is 10.2 Å². The summed E-state index contributed by atoms with van der Waals surface area (Å²) in [5, 5.41) is 7.70. The molecule has 0 aromatic carbocycles. The highest BCUT2D eigenvalue weighted by Gasteiger charge is 2.03. The molecule has 0 fully saturated rings. The van der Waals surface area contributed by atoms with E-state index in [4.69, 9.17) is 17.0 Å². The minimum atomic E-state index is 0.707. The van der Waals surface area contributed by atoms with Crippen LogP contribution in [0.4, 0.5) is 5.13 Å². The summed E-state index contributed by atoms with van der Waals surface area (Å²) in [5.74, 6) is 0. The maximum Gasteiger partial charge on any atom is 0.206 e. The molecule has 1 N–H and O–H groups in total. The first-order valence-corrected chi connectivity index (χ1v) is 5.31. The summed E-state index contributed by atoms with van der Waals surface area (Å²) in [6, 6.07) is 0. The number of hydrogen-bond acceptors (Lipinski definition) is 5. The SMILES string of the molecule is CCOCCN(C)c1n[nH]c(=S)s1. The van der Waals surface area contributed by atoms with E-state index in [-0.39, 0.29) is 0 Å². The highest BCUT2D eigenvalue weighted by atomic mass is 32.1. The maximum atomic E-state index is 5.23. The monoisotopic (exact) mass is 219 g/mol. The number of ether oxygens (including phenoxy) is 1. The Morgan fingerprint density at radius 3 is 3.00 bits per heavy atom. The Morgan fingerprint density at radius 1 is 1.69 bits per heavy atom. The standard InChI is InChI=1S/C7H13N3OS2/c1-3-11-5-4-10(2)6-8-9-7(12)13-6/h3-5H2,1-2H3,(H,9,12). The molecule has 1 aromatic heterocycles. The molecule has 0 aliphatic heterocycles. The van der Waals surface area contributed by atoms with Crippen molar-refractivity contribution in [2.24, 2.45) is 0 Å². The number of rotatable bonds is 5. The largest absolute Gasteiger partial charge is 0.380 e. The van der Waals surface area contributed by atoms with E-state index in [1.54, 1.807) is 0 Å². The number of aromatic amines is 1. The van der Waals surface area contributed by atoms with Crippen LogP contribution in [-0.2, 0) is 4.74 Å². The van der Waals surface area contributed by atoms with E-state index in [0.29, 0.717) is 3.95 Å². The molecule has 0 radical (unpaired) electrons. The van der Waals surface area contributed by atoms with Gasteiger partial charge in [-0.3, -0.25) is 5.10 Å². The van der Waals surface area contributed by atoms with E-state index in [2.05, 4.69) is 10.2 Å². The fourth-order valence-electron chi connectivity index (χ4n) is 0.827. The van der Waals surface area contributed by atoms with Gasteiger partial charge in [0.2, 0.25) is 5.13 Å². The lowest BCUT2D eigenvalue weighted by Gasteiger charge is -2.14. The number of H-pyrrole nitrogens is 1. The summed E-state index contributed by atoms with van der Waals surface area (Å²) >= 11 is 6.40. The number of hydrogen-bond donors (Lipinski definition) is 1. The van der Waals surface area contributed by atoms with Gasteiger partial charge >= 0.3 is 0 Å². The Bertz CT molecular complexity index is 296. The second-order valence-electron chi connectivity index (χ2n) is 2.51. The van der Waals surface area contributed by atoms with Gasteiger partial charge in [-0.25, -0.2) is 0 Å². The Morgan fingerprint density at radius 2 is 2.46 bits per heavy atom. The molecule has 0 unspecified atom stereocenters. The minimum absolute atomic E-state index is 0.707. The van der Waals surface area contributed by atoms with Crippen LogP contribution in [0.1, 0.15) is 6.92 Å². The summed E-state index contributed by atoms with van der Waals surface area (Å²) in [5.41, 5.74) is 0. The molecule has 6 heteroatoms. The van der Waals surface area contributed by atoms with Crippen molar-refractivity contribution in [3.63, 3.8) is 0 Å². The molecule has 13 heavy (non-hydrogen) atoms. The second kappa shape index (κ2) is 5.31. The number of likely N-dealkylation sites (N-methyl/N-ethyl adjacent to an activating group) is 1. The number of nitrogens with zero attached hydrogens (tertiary/aromatic N) is 2. The molecule has 1 rings (SSSR count). The van der Waals surface area contributed by atoms with E-state index in [9.17, 15) is 0 Å². The molecular formula is C7H13N3OS2. The zero-order chi connectivity index (χ0) is 9.68. The Balaban J connectivity index is 2.39. The minimum Gasteiger partial charge on any atom is -0.380 e. The molecule has 1 heterocycles. The van der Waals surface area contributed by atoms with Crippen molar-refractivity contribution >= 4 is 28.7 Å². The van der Waals surface area contributed by atoms with Crippen molar-refractivity contribution in [2.75, 3.05) is 31.7 Å². The van der Waals surface area contributed by atoms with Gasteiger partial charge in [0, 0.05) is 20.2 Å². The van der Waals surface area contributed by atoms with Gasteiger partial charge in [-0.2, -0.15) is 0 Å². The lowest BCUT2D eigenvalue weighted by Crippen LogP contribution is -2.22. The molecule has 0 amide bonds. The first-order valence-electron chi connectivity index (χ1n) is 4.08. The van der Waals surface area contributed by atoms with Crippen LogP contribution in [0.15, 0.2) is 0 Å². The van der Waals surface area contributed by atoms with Crippen LogP contribution in [0, 0.1) is 3.95 Å². The average molecular weight is 219 g/mol. The van der Waals surface area contributed by atoms with Gasteiger partial charge in [-0.15, -0.1) is 5.10 Å². The number of aromatic nitrogens is 2. The zero-order valence-corrected chi connectivity index (χ0v) is 9.37. The van der Waals surface area contributed by atoms with Crippen LogP contribution in [0.5, 0.6) is 0 Å². The molecule has 0 atom stereocenters. The molecule has 0 saturated carbocycles. The molecule has 0 spiro atoms. The summed E-state index contributed by atoms with van der Waals surface area (Å²) < 4.78 is 5.94. The quantitative estimate of drug-likeness (QED) is 0.604. The van der Waals surface area contributed by atoms with Crippen LogP contribution in [0.25, 0.3) is 0 Å². The molecule has 1 aromatic rings. The summed E-state index contributed by atoms with van der Waals surface area (Å²) in [7, 11) is 1.97. The van der Waals surface area contributed by atoms with E-state index in [1.807, 2.05) is 18.9 Å². The maximum absolute atomic E-state index is 5.23. The predicted octanol–water partition coefficient (Wildman–Crippen LogP) is 1.67. The average Bonchev–Trinajstić information content (AvgIpc) is 2.52. The van der Waals surface area contributed by atoms with Gasteiger partial charge in [-0.05, 0) is 19.1 Å². The first kappa shape index (κ1) is 10.6. The molecular weight excluding hydrogens is 206 g/mol. The summed E-state index contributed by atoms with van der Waals surface area (Å²) in [4.78, 5) is 2.02. The lowest BCUT2D eigenvalue weighted by molar-refractivity contribution is 0.154. The molecule has 0 bridgehead atoms. The van der Waals surface area contributed by atoms with E-state index in [0.717, 1.165) is 24.9 Å². The van der Waals surface area contributed by atoms with Crippen LogP contribution in [0.3, 0.4) is 0 Å². The Hall–Kier alpha value is -0.460. The number of nitrogens with one attached hydrogen (secondary N) is 1. The fraction of sp³-hybridized carbons (Fsp3) is 0.714. The van der Waals surface area contributed by atoms with E-state index < -0.39 is 0 Å². The van der Waals surface area contributed by atoms with Crippen molar-refractivity contribution < 1.29 is 4.74 Å². The Labute approximate surface area is 86.5 Å².